The third kappa shape index (κ3) is 11.0. The van der Waals surface area contributed by atoms with Crippen LogP contribution in [0.2, 0.25) is 0 Å². The Hall–Kier alpha value is -4.58. The van der Waals surface area contributed by atoms with Gasteiger partial charge in [-0.15, -0.1) is 0 Å². The average Bonchev–Trinajstić information content (AvgIpc) is 3.08. The molecule has 47 heavy (non-hydrogen) atoms. The molecule has 6 nitrogen and oxygen atoms in total. The lowest BCUT2D eigenvalue weighted by molar-refractivity contribution is 0.0927. The molecule has 0 bridgehead atoms. The molecule has 0 aliphatic heterocycles. The average molecular weight is 636 g/mol. The number of ketones is 1. The van der Waals surface area contributed by atoms with Crippen LogP contribution < -0.4 is 5.32 Å². The SMILES string of the molecule is C/C=C(/C)OC(CCC)=C(C)C.CC.CC[C@@H](C)C(=O)c1ccc(NC(=O)c2cc(-c3ccccn3)nc3c(C)cc(C)cc23)cc1. The van der Waals surface area contributed by atoms with E-state index in [9.17, 15) is 9.59 Å². The zero-order chi connectivity index (χ0) is 35.1. The van der Waals surface area contributed by atoms with Gasteiger partial charge < -0.3 is 10.1 Å². The highest BCUT2D eigenvalue weighted by Gasteiger charge is 2.17. The molecule has 0 saturated carbocycles. The summed E-state index contributed by atoms with van der Waals surface area (Å²) in [7, 11) is 0. The fraction of sp³-hybridized carbons (Fsp3) is 0.366. The Morgan fingerprint density at radius 2 is 1.62 bits per heavy atom. The number of benzene rings is 2. The van der Waals surface area contributed by atoms with Crippen LogP contribution in [0.4, 0.5) is 5.69 Å². The lowest BCUT2D eigenvalue weighted by Gasteiger charge is -2.13. The van der Waals surface area contributed by atoms with E-state index >= 15 is 0 Å². The van der Waals surface area contributed by atoms with E-state index in [0.717, 1.165) is 52.8 Å². The summed E-state index contributed by atoms with van der Waals surface area (Å²) in [6, 6.07) is 18.5. The summed E-state index contributed by atoms with van der Waals surface area (Å²) in [5, 5.41) is 3.78. The number of carbonyl (C=O) groups excluding carboxylic acids is 2. The predicted molar refractivity (Wildman–Crippen MR) is 198 cm³/mol. The molecule has 0 aliphatic carbocycles. The lowest BCUT2D eigenvalue weighted by Crippen LogP contribution is -2.14. The van der Waals surface area contributed by atoms with Gasteiger partial charge in [-0.05, 0) is 120 Å². The Morgan fingerprint density at radius 3 is 2.17 bits per heavy atom. The van der Waals surface area contributed by atoms with Crippen molar-refractivity contribution < 1.29 is 14.3 Å². The van der Waals surface area contributed by atoms with E-state index in [4.69, 9.17) is 9.72 Å². The number of rotatable bonds is 10. The molecule has 0 radical (unpaired) electrons. The molecular formula is C41H53N3O3. The van der Waals surface area contributed by atoms with Gasteiger partial charge >= 0.3 is 0 Å². The maximum Gasteiger partial charge on any atom is 0.256 e. The number of carbonyl (C=O) groups is 2. The molecule has 1 amide bonds. The topological polar surface area (TPSA) is 81.2 Å². The first-order chi connectivity index (χ1) is 22.5. The molecule has 4 rings (SSSR count). The molecule has 0 saturated heterocycles. The summed E-state index contributed by atoms with van der Waals surface area (Å²) in [5.74, 6) is 1.96. The molecular weight excluding hydrogens is 582 g/mol. The number of nitrogens with zero attached hydrogens (tertiary/aromatic N) is 2. The summed E-state index contributed by atoms with van der Waals surface area (Å²) in [6.45, 7) is 22.3. The van der Waals surface area contributed by atoms with E-state index in [-0.39, 0.29) is 17.6 Å². The number of nitrogens with one attached hydrogen (secondary N) is 1. The fourth-order valence-corrected chi connectivity index (χ4v) is 4.78. The number of pyridine rings is 2. The Balaban J connectivity index is 0.000000465. The van der Waals surface area contributed by atoms with Gasteiger partial charge in [-0.1, -0.05) is 52.3 Å². The van der Waals surface area contributed by atoms with E-state index in [1.807, 2.05) is 85.7 Å². The minimum atomic E-state index is -0.231. The van der Waals surface area contributed by atoms with E-state index in [0.29, 0.717) is 28.2 Å². The number of anilines is 1. The fourth-order valence-electron chi connectivity index (χ4n) is 4.78. The van der Waals surface area contributed by atoms with Crippen LogP contribution in [0.25, 0.3) is 22.3 Å². The normalized spacial score (nSPS) is 11.3. The number of amides is 1. The first-order valence-corrected chi connectivity index (χ1v) is 16.7. The van der Waals surface area contributed by atoms with Gasteiger partial charge in [0.15, 0.2) is 5.78 Å². The largest absolute Gasteiger partial charge is 0.467 e. The molecule has 0 spiro atoms. The first kappa shape index (κ1) is 38.6. The van der Waals surface area contributed by atoms with Crippen molar-refractivity contribution in [3.63, 3.8) is 0 Å². The molecule has 0 fully saturated rings. The number of allylic oxidation sites excluding steroid dienone is 4. The second kappa shape index (κ2) is 19.2. The van der Waals surface area contributed by atoms with Crippen LogP contribution in [0.1, 0.15) is 113 Å². The minimum absolute atomic E-state index is 0.0230. The highest BCUT2D eigenvalue weighted by Crippen LogP contribution is 2.28. The zero-order valence-electron chi connectivity index (χ0n) is 30.2. The van der Waals surface area contributed by atoms with E-state index < -0.39 is 0 Å². The molecule has 0 unspecified atom stereocenters. The van der Waals surface area contributed by atoms with Crippen LogP contribution in [-0.2, 0) is 4.74 Å². The third-order valence-corrected chi connectivity index (χ3v) is 7.63. The van der Waals surface area contributed by atoms with Crippen LogP contribution in [0, 0.1) is 19.8 Å². The lowest BCUT2D eigenvalue weighted by atomic mass is 9.97. The first-order valence-electron chi connectivity index (χ1n) is 16.7. The van der Waals surface area contributed by atoms with Gasteiger partial charge in [0, 0.05) is 35.2 Å². The van der Waals surface area contributed by atoms with Gasteiger partial charge in [0.05, 0.1) is 28.2 Å². The van der Waals surface area contributed by atoms with Gasteiger partial charge in [-0.3, -0.25) is 14.6 Å². The van der Waals surface area contributed by atoms with Crippen molar-refractivity contribution in [3.8, 4) is 11.4 Å². The van der Waals surface area contributed by atoms with Crippen molar-refractivity contribution in [1.82, 2.24) is 9.97 Å². The standard InChI is InChI=1S/C28H27N3O2.C11H20O.C2H6/c1-5-18(3)27(32)20-9-11-21(12-10-20)30-28(33)23-16-25(24-8-6-7-13-29-24)31-26-19(4)14-17(2)15-22(23)26;1-6-8-11(9(3)4)12-10(5)7-2;1-2/h6-16,18H,5H2,1-4H3,(H,30,33);7H,6,8H2,1-5H3;1-2H3/b;10-7-;/t18-;;/m1../s1. The number of Topliss-reactive ketones (excluding diaryl/α,β-unsaturated/α-hetero) is 1. The number of aryl methyl sites for hydroxylation is 2. The van der Waals surface area contributed by atoms with Crippen LogP contribution in [-0.4, -0.2) is 21.7 Å². The Bertz CT molecular complexity index is 1680. The summed E-state index contributed by atoms with van der Waals surface area (Å²) in [4.78, 5) is 35.0. The van der Waals surface area contributed by atoms with Crippen molar-refractivity contribution in [3.05, 3.63) is 112 Å². The van der Waals surface area contributed by atoms with Gasteiger partial charge in [0.1, 0.15) is 5.76 Å². The zero-order valence-corrected chi connectivity index (χ0v) is 30.2. The van der Waals surface area contributed by atoms with E-state index in [1.165, 1.54) is 5.57 Å². The molecule has 6 heteroatoms. The number of aromatic nitrogens is 2. The summed E-state index contributed by atoms with van der Waals surface area (Å²) in [6.07, 6.45) is 6.67. The number of fused-ring (bicyclic) bond motifs is 1. The Labute approximate surface area is 282 Å². The smallest absolute Gasteiger partial charge is 0.256 e. The van der Waals surface area contributed by atoms with Crippen molar-refractivity contribution in [1.29, 1.82) is 0 Å². The Kier molecular flexibility index (Phi) is 15.7. The molecule has 4 aromatic rings. The molecule has 1 N–H and O–H groups in total. The minimum Gasteiger partial charge on any atom is -0.467 e. The molecule has 2 heterocycles. The maximum absolute atomic E-state index is 13.4. The number of ether oxygens (including phenoxy) is 1. The summed E-state index contributed by atoms with van der Waals surface area (Å²) >= 11 is 0. The molecule has 2 aromatic carbocycles. The second-order valence-corrected chi connectivity index (χ2v) is 11.6. The van der Waals surface area contributed by atoms with Crippen molar-refractivity contribution in [2.45, 2.75) is 95.4 Å². The third-order valence-electron chi connectivity index (χ3n) is 7.63. The highest BCUT2D eigenvalue weighted by molar-refractivity contribution is 6.13. The number of hydrogen-bond donors (Lipinski definition) is 1. The van der Waals surface area contributed by atoms with E-state index in [1.54, 1.807) is 36.5 Å². The molecule has 1 atom stereocenters. The molecule has 2 aromatic heterocycles. The van der Waals surface area contributed by atoms with Gasteiger partial charge in [-0.25, -0.2) is 4.98 Å². The molecule has 250 valence electrons. The van der Waals surface area contributed by atoms with Crippen LogP contribution in [0.3, 0.4) is 0 Å². The maximum atomic E-state index is 13.4. The van der Waals surface area contributed by atoms with Gasteiger partial charge in [-0.2, -0.15) is 0 Å². The van der Waals surface area contributed by atoms with Crippen molar-refractivity contribution in [2.75, 3.05) is 5.32 Å². The van der Waals surface area contributed by atoms with Crippen LogP contribution in [0.5, 0.6) is 0 Å². The van der Waals surface area contributed by atoms with Crippen LogP contribution in [0.15, 0.2) is 90.0 Å². The predicted octanol–water partition coefficient (Wildman–Crippen LogP) is 11.4. The van der Waals surface area contributed by atoms with Crippen molar-refractivity contribution in [2.24, 2.45) is 5.92 Å². The van der Waals surface area contributed by atoms with Gasteiger partial charge in [0.25, 0.3) is 5.91 Å². The van der Waals surface area contributed by atoms with Crippen LogP contribution >= 0.6 is 0 Å². The quantitative estimate of drug-likeness (QED) is 0.138. The van der Waals surface area contributed by atoms with E-state index in [2.05, 4.69) is 37.1 Å². The summed E-state index contributed by atoms with van der Waals surface area (Å²) in [5.41, 5.74) is 7.30. The highest BCUT2D eigenvalue weighted by atomic mass is 16.5. The van der Waals surface area contributed by atoms with Gasteiger partial charge in [0.2, 0.25) is 0 Å². The summed E-state index contributed by atoms with van der Waals surface area (Å²) < 4.78 is 5.64. The Morgan fingerprint density at radius 1 is 0.936 bits per heavy atom. The monoisotopic (exact) mass is 635 g/mol. The molecule has 0 aliphatic rings. The second-order valence-electron chi connectivity index (χ2n) is 11.6. The van der Waals surface area contributed by atoms with Crippen molar-refractivity contribution >= 4 is 28.3 Å². The number of hydrogen-bond acceptors (Lipinski definition) is 5.